The third-order valence-corrected chi connectivity index (χ3v) is 5.92. The van der Waals surface area contributed by atoms with Gasteiger partial charge in [0, 0.05) is 17.6 Å². The van der Waals surface area contributed by atoms with Crippen LogP contribution in [0.5, 0.6) is 0 Å². The predicted molar refractivity (Wildman–Crippen MR) is 107 cm³/mol. The molecule has 1 aliphatic carbocycles. The minimum atomic E-state index is -1.34. The fourth-order valence-corrected chi connectivity index (χ4v) is 4.03. The van der Waals surface area contributed by atoms with Crippen molar-refractivity contribution in [2.75, 3.05) is 0 Å². The van der Waals surface area contributed by atoms with Crippen LogP contribution < -0.4 is 11.1 Å². The smallest absolute Gasteiger partial charge is 0.451 e. The summed E-state index contributed by atoms with van der Waals surface area (Å²) >= 11 is 5.90. The molecule has 2 rings (SSSR count). The van der Waals surface area contributed by atoms with Gasteiger partial charge >= 0.3 is 13.1 Å². The van der Waals surface area contributed by atoms with E-state index < -0.39 is 18.6 Å². The lowest BCUT2D eigenvalue weighted by molar-refractivity contribution is -0.146. The molecule has 0 amide bonds. The maximum absolute atomic E-state index is 11.8. The summed E-state index contributed by atoms with van der Waals surface area (Å²) in [5.74, 6) is -1.01. The Kier molecular flexibility index (Phi) is 8.57. The Balaban J connectivity index is 1.80. The minimum Gasteiger partial charge on any atom is -0.480 e. The van der Waals surface area contributed by atoms with Crippen molar-refractivity contribution in [2.45, 2.75) is 69.4 Å². The molecule has 8 heteroatoms. The lowest BCUT2D eigenvalue weighted by Gasteiger charge is -2.39. The molecule has 0 aliphatic heterocycles. The molecule has 1 aromatic rings. The van der Waals surface area contributed by atoms with Crippen molar-refractivity contribution in [3.63, 3.8) is 0 Å². The third-order valence-electron chi connectivity index (χ3n) is 5.66. The lowest BCUT2D eigenvalue weighted by atomic mass is 9.71. The molecule has 1 fully saturated rings. The van der Waals surface area contributed by atoms with Crippen LogP contribution in [0, 0.1) is 5.92 Å². The van der Waals surface area contributed by atoms with E-state index in [9.17, 15) is 9.90 Å². The van der Waals surface area contributed by atoms with Crippen LogP contribution in [0.3, 0.4) is 0 Å². The Morgan fingerprint density at radius 2 is 1.81 bits per heavy atom. The van der Waals surface area contributed by atoms with E-state index in [0.29, 0.717) is 25.3 Å². The van der Waals surface area contributed by atoms with Crippen LogP contribution in [0.1, 0.15) is 50.5 Å². The highest BCUT2D eigenvalue weighted by atomic mass is 35.5. The Hall–Kier alpha value is -1.12. The van der Waals surface area contributed by atoms with Crippen molar-refractivity contribution >= 4 is 24.7 Å². The fourth-order valence-electron chi connectivity index (χ4n) is 3.91. The number of unbranched alkanes of at least 4 members (excludes halogenated alkanes) is 1. The zero-order valence-corrected chi connectivity index (χ0v) is 16.4. The second-order valence-corrected chi connectivity index (χ2v) is 8.06. The maximum Gasteiger partial charge on any atom is 0.451 e. The first-order valence-electron chi connectivity index (χ1n) is 9.67. The van der Waals surface area contributed by atoms with Crippen LogP contribution in [0.25, 0.3) is 0 Å². The monoisotopic (exact) mass is 396 g/mol. The number of hydrogen-bond acceptors (Lipinski definition) is 5. The van der Waals surface area contributed by atoms with Crippen molar-refractivity contribution in [1.82, 2.24) is 5.32 Å². The van der Waals surface area contributed by atoms with Gasteiger partial charge in [-0.3, -0.25) is 4.79 Å². The molecular formula is C19H30BClN2O4. The summed E-state index contributed by atoms with van der Waals surface area (Å²) in [7, 11) is -1.34. The van der Waals surface area contributed by atoms with Crippen LogP contribution in [-0.2, 0) is 11.3 Å². The molecule has 0 heterocycles. The third kappa shape index (κ3) is 6.77. The summed E-state index contributed by atoms with van der Waals surface area (Å²) in [6.45, 7) is 0.767. The predicted octanol–water partition coefficient (Wildman–Crippen LogP) is 2.41. The molecule has 0 radical (unpaired) electrons. The van der Waals surface area contributed by atoms with Crippen molar-refractivity contribution < 1.29 is 19.9 Å². The van der Waals surface area contributed by atoms with Gasteiger partial charge < -0.3 is 26.2 Å². The van der Waals surface area contributed by atoms with Crippen molar-refractivity contribution in [2.24, 2.45) is 11.7 Å². The Morgan fingerprint density at radius 1 is 1.19 bits per heavy atom. The Bertz CT molecular complexity index is 594. The van der Waals surface area contributed by atoms with E-state index in [0.717, 1.165) is 37.3 Å². The molecular weight excluding hydrogens is 366 g/mol. The van der Waals surface area contributed by atoms with Crippen LogP contribution in [0.4, 0.5) is 0 Å². The Morgan fingerprint density at radius 3 is 2.37 bits per heavy atom. The van der Waals surface area contributed by atoms with E-state index >= 15 is 0 Å². The summed E-state index contributed by atoms with van der Waals surface area (Å²) in [5, 5.41) is 31.8. The largest absolute Gasteiger partial charge is 0.480 e. The highest BCUT2D eigenvalue weighted by Gasteiger charge is 2.43. The number of carboxylic acids is 1. The van der Waals surface area contributed by atoms with Gasteiger partial charge in [-0.15, -0.1) is 0 Å². The number of carboxylic acid groups (broad SMARTS) is 1. The van der Waals surface area contributed by atoms with E-state index in [1.165, 1.54) is 5.56 Å². The highest BCUT2D eigenvalue weighted by Crippen LogP contribution is 2.35. The molecule has 6 nitrogen and oxygen atoms in total. The molecule has 27 heavy (non-hydrogen) atoms. The second kappa shape index (κ2) is 10.4. The number of aliphatic carboxylic acids is 1. The first-order valence-corrected chi connectivity index (χ1v) is 10.1. The van der Waals surface area contributed by atoms with Gasteiger partial charge in [-0.05, 0) is 62.0 Å². The molecule has 1 saturated carbocycles. The van der Waals surface area contributed by atoms with Gasteiger partial charge in [-0.1, -0.05) is 36.6 Å². The Labute approximate surface area is 166 Å². The van der Waals surface area contributed by atoms with Gasteiger partial charge in [0.15, 0.2) is 0 Å². The SMILES string of the molecule is N[C@](CCCCB(O)O)(C(=O)O)[C@H]1CC[C@H](NCc2ccc(Cl)cc2)CC1. The van der Waals surface area contributed by atoms with Crippen molar-refractivity contribution in [3.8, 4) is 0 Å². The topological polar surface area (TPSA) is 116 Å². The maximum atomic E-state index is 11.8. The molecule has 0 spiro atoms. The van der Waals surface area contributed by atoms with E-state index in [2.05, 4.69) is 5.32 Å². The van der Waals surface area contributed by atoms with Crippen LogP contribution in [-0.4, -0.2) is 39.8 Å². The molecule has 0 bridgehead atoms. The van der Waals surface area contributed by atoms with Crippen molar-refractivity contribution in [1.29, 1.82) is 0 Å². The number of nitrogens with one attached hydrogen (secondary N) is 1. The molecule has 1 aliphatic rings. The molecule has 1 atom stereocenters. The number of rotatable bonds is 10. The minimum absolute atomic E-state index is 0.0531. The van der Waals surface area contributed by atoms with Crippen LogP contribution in [0.2, 0.25) is 11.3 Å². The zero-order chi connectivity index (χ0) is 19.9. The average molecular weight is 397 g/mol. The second-order valence-electron chi connectivity index (χ2n) is 7.63. The quantitative estimate of drug-likeness (QED) is 0.306. The fraction of sp³-hybridized carbons (Fsp3) is 0.632. The molecule has 0 aromatic heterocycles. The van der Waals surface area contributed by atoms with E-state index in [1.54, 1.807) is 0 Å². The zero-order valence-electron chi connectivity index (χ0n) is 15.6. The molecule has 0 saturated heterocycles. The average Bonchev–Trinajstić information content (AvgIpc) is 2.64. The van der Waals surface area contributed by atoms with Gasteiger partial charge in [0.2, 0.25) is 0 Å². The first-order chi connectivity index (χ1) is 12.8. The van der Waals surface area contributed by atoms with Crippen molar-refractivity contribution in [3.05, 3.63) is 34.9 Å². The standard InChI is InChI=1S/C19H30BClN2O4/c21-16-7-3-14(4-8-16)13-23-17-9-5-15(6-10-17)19(22,18(24)25)11-1-2-12-20(26)27/h3-4,7-8,15,17,23,26-27H,1-2,5-6,9-13,22H2,(H,24,25)/t15-,17-,19-/m0/s1. The summed E-state index contributed by atoms with van der Waals surface area (Å²) in [5.41, 5.74) is 6.24. The summed E-state index contributed by atoms with van der Waals surface area (Å²) in [6, 6.07) is 8.11. The first kappa shape index (κ1) is 22.2. The van der Waals surface area contributed by atoms with Gasteiger partial charge in [-0.2, -0.15) is 0 Å². The number of benzene rings is 1. The summed E-state index contributed by atoms with van der Waals surface area (Å²) in [6.07, 6.45) is 5.11. The van der Waals surface area contributed by atoms with E-state index in [-0.39, 0.29) is 12.2 Å². The lowest BCUT2D eigenvalue weighted by Crippen LogP contribution is -2.55. The van der Waals surface area contributed by atoms with Gasteiger partial charge in [0.05, 0.1) is 0 Å². The summed E-state index contributed by atoms with van der Waals surface area (Å²) in [4.78, 5) is 11.8. The van der Waals surface area contributed by atoms with Gasteiger partial charge in [-0.25, -0.2) is 0 Å². The number of halogens is 1. The molecule has 150 valence electrons. The molecule has 6 N–H and O–H groups in total. The van der Waals surface area contributed by atoms with Crippen LogP contribution >= 0.6 is 11.6 Å². The molecule has 1 aromatic carbocycles. The van der Waals surface area contributed by atoms with Gasteiger partial charge in [0.1, 0.15) is 5.54 Å². The highest BCUT2D eigenvalue weighted by molar-refractivity contribution is 6.40. The van der Waals surface area contributed by atoms with Crippen LogP contribution in [0.15, 0.2) is 24.3 Å². The number of nitrogens with two attached hydrogens (primary N) is 1. The number of hydrogen-bond donors (Lipinski definition) is 5. The van der Waals surface area contributed by atoms with E-state index in [4.69, 9.17) is 27.4 Å². The summed E-state index contributed by atoms with van der Waals surface area (Å²) < 4.78 is 0. The molecule has 0 unspecified atom stereocenters. The normalized spacial score (nSPS) is 22.2. The van der Waals surface area contributed by atoms with E-state index in [1.807, 2.05) is 24.3 Å². The van der Waals surface area contributed by atoms with Gasteiger partial charge in [0.25, 0.3) is 0 Å². The number of carbonyl (C=O) groups is 1.